The zero-order chi connectivity index (χ0) is 16.3. The molecule has 120 valence electrons. The molecule has 0 aliphatic carbocycles. The summed E-state index contributed by atoms with van der Waals surface area (Å²) in [6.07, 6.45) is 0. The monoisotopic (exact) mass is 344 g/mol. The van der Waals surface area contributed by atoms with E-state index in [1.807, 2.05) is 4.90 Å². The minimum atomic E-state index is -0.396. The molecule has 22 heavy (non-hydrogen) atoms. The second kappa shape index (κ2) is 7.31. The van der Waals surface area contributed by atoms with Gasteiger partial charge in [0.25, 0.3) is 0 Å². The first-order valence-electron chi connectivity index (χ1n) is 7.10. The van der Waals surface area contributed by atoms with Crippen LogP contribution in [-0.4, -0.2) is 49.1 Å². The topological polar surface area (TPSA) is 49.9 Å². The van der Waals surface area contributed by atoms with E-state index in [-0.39, 0.29) is 18.4 Å². The van der Waals surface area contributed by atoms with Crippen molar-refractivity contribution in [2.24, 2.45) is 0 Å². The van der Waals surface area contributed by atoms with Gasteiger partial charge in [0.2, 0.25) is 5.91 Å². The van der Waals surface area contributed by atoms with E-state index < -0.39 is 6.04 Å². The summed E-state index contributed by atoms with van der Waals surface area (Å²) >= 11 is 11.9. The van der Waals surface area contributed by atoms with Crippen molar-refractivity contribution in [2.45, 2.75) is 19.9 Å². The maximum Gasteiger partial charge on any atom is 0.320 e. The molecule has 1 aromatic rings. The molecule has 1 aliphatic rings. The van der Waals surface area contributed by atoms with Crippen molar-refractivity contribution >= 4 is 40.8 Å². The molecule has 0 unspecified atom stereocenters. The number of halogens is 2. The minimum Gasteiger partial charge on any atom is -0.465 e. The maximum atomic E-state index is 12.5. The van der Waals surface area contributed by atoms with Gasteiger partial charge in [-0.15, -0.1) is 0 Å². The molecule has 1 atom stereocenters. The Balaban J connectivity index is 2.08. The average Bonchev–Trinajstić information content (AvgIpc) is 2.47. The van der Waals surface area contributed by atoms with Crippen LogP contribution in [0.4, 0.5) is 5.69 Å². The normalized spacial score (nSPS) is 19.4. The fourth-order valence-corrected chi connectivity index (χ4v) is 2.70. The van der Waals surface area contributed by atoms with E-state index in [1.54, 1.807) is 36.9 Å². The van der Waals surface area contributed by atoms with E-state index >= 15 is 0 Å². The number of carbonyl (C=O) groups excluding carboxylic acids is 2. The molecule has 1 amide bonds. The van der Waals surface area contributed by atoms with Crippen molar-refractivity contribution < 1.29 is 14.3 Å². The van der Waals surface area contributed by atoms with Gasteiger partial charge >= 0.3 is 5.97 Å². The van der Waals surface area contributed by atoms with Gasteiger partial charge in [-0.3, -0.25) is 14.5 Å². The first-order valence-corrected chi connectivity index (χ1v) is 7.85. The highest BCUT2D eigenvalue weighted by Crippen LogP contribution is 2.28. The number of nitrogens with zero attached hydrogens (tertiary/aromatic N) is 2. The van der Waals surface area contributed by atoms with Crippen LogP contribution in [0.2, 0.25) is 10.0 Å². The molecule has 0 spiro atoms. The number of benzene rings is 1. The lowest BCUT2D eigenvalue weighted by molar-refractivity contribution is -0.145. The third kappa shape index (κ3) is 3.72. The van der Waals surface area contributed by atoms with Gasteiger partial charge in [-0.05, 0) is 32.0 Å². The highest BCUT2D eigenvalue weighted by molar-refractivity contribution is 6.42. The predicted molar refractivity (Wildman–Crippen MR) is 86.5 cm³/mol. The lowest BCUT2D eigenvalue weighted by Gasteiger charge is -2.38. The molecule has 0 aromatic heterocycles. The van der Waals surface area contributed by atoms with Crippen molar-refractivity contribution in [1.82, 2.24) is 4.90 Å². The summed E-state index contributed by atoms with van der Waals surface area (Å²) in [6.45, 7) is 5.08. The molecular formula is C15H18Cl2N2O3. The van der Waals surface area contributed by atoms with Crippen molar-refractivity contribution in [3.63, 3.8) is 0 Å². The second-order valence-corrected chi connectivity index (χ2v) is 5.85. The van der Waals surface area contributed by atoms with E-state index in [0.717, 1.165) is 0 Å². The molecule has 1 aliphatic heterocycles. The summed E-state index contributed by atoms with van der Waals surface area (Å²) in [5.74, 6) is -0.390. The third-order valence-electron chi connectivity index (χ3n) is 3.63. The van der Waals surface area contributed by atoms with Crippen molar-refractivity contribution in [3.8, 4) is 0 Å². The number of hydrogen-bond acceptors (Lipinski definition) is 4. The van der Waals surface area contributed by atoms with Crippen LogP contribution in [-0.2, 0) is 14.3 Å². The fourth-order valence-electron chi connectivity index (χ4n) is 2.41. The first-order chi connectivity index (χ1) is 10.4. The maximum absolute atomic E-state index is 12.5. The standard InChI is InChI=1S/C15H18Cl2N2O3/c1-3-22-14(20)9-18-6-7-19(15(21)10(18)2)11-4-5-12(16)13(17)8-11/h4-5,8,10H,3,6-7,9H2,1-2H3/t10-/m1/s1. The van der Waals surface area contributed by atoms with Crippen LogP contribution in [0.1, 0.15) is 13.8 Å². The minimum absolute atomic E-state index is 0.0751. The molecule has 0 bridgehead atoms. The zero-order valence-corrected chi connectivity index (χ0v) is 14.0. The Kier molecular flexibility index (Phi) is 5.67. The highest BCUT2D eigenvalue weighted by Gasteiger charge is 2.33. The molecular weight excluding hydrogens is 327 g/mol. The smallest absolute Gasteiger partial charge is 0.320 e. The zero-order valence-electron chi connectivity index (χ0n) is 12.5. The van der Waals surface area contributed by atoms with Gasteiger partial charge in [-0.25, -0.2) is 0 Å². The van der Waals surface area contributed by atoms with Crippen LogP contribution < -0.4 is 4.90 Å². The van der Waals surface area contributed by atoms with Crippen molar-refractivity contribution in [2.75, 3.05) is 31.1 Å². The van der Waals surface area contributed by atoms with E-state index in [9.17, 15) is 9.59 Å². The number of piperazine rings is 1. The Hall–Kier alpha value is -1.30. The summed E-state index contributed by atoms with van der Waals surface area (Å²) in [5.41, 5.74) is 0.710. The number of ether oxygens (including phenoxy) is 1. The summed E-state index contributed by atoms with van der Waals surface area (Å²) < 4.78 is 4.93. The van der Waals surface area contributed by atoms with E-state index in [0.29, 0.717) is 35.4 Å². The summed E-state index contributed by atoms with van der Waals surface area (Å²) in [6, 6.07) is 4.71. The summed E-state index contributed by atoms with van der Waals surface area (Å²) in [4.78, 5) is 27.6. The summed E-state index contributed by atoms with van der Waals surface area (Å²) in [7, 11) is 0. The molecule has 7 heteroatoms. The van der Waals surface area contributed by atoms with Gasteiger partial charge in [-0.1, -0.05) is 23.2 Å². The molecule has 0 N–H and O–H groups in total. The average molecular weight is 345 g/mol. The Bertz CT molecular complexity index is 580. The lowest BCUT2D eigenvalue weighted by atomic mass is 10.1. The molecule has 1 saturated heterocycles. The quantitative estimate of drug-likeness (QED) is 0.787. The van der Waals surface area contributed by atoms with Gasteiger partial charge in [0, 0.05) is 18.8 Å². The third-order valence-corrected chi connectivity index (χ3v) is 4.37. The Morgan fingerprint density at radius 2 is 2.05 bits per heavy atom. The molecule has 1 fully saturated rings. The van der Waals surface area contributed by atoms with Crippen molar-refractivity contribution in [1.29, 1.82) is 0 Å². The Morgan fingerprint density at radius 1 is 1.32 bits per heavy atom. The van der Waals surface area contributed by atoms with Gasteiger partial charge in [-0.2, -0.15) is 0 Å². The van der Waals surface area contributed by atoms with Gasteiger partial charge in [0.05, 0.1) is 29.2 Å². The van der Waals surface area contributed by atoms with Gasteiger partial charge < -0.3 is 9.64 Å². The van der Waals surface area contributed by atoms with Crippen LogP contribution in [0, 0.1) is 0 Å². The largest absolute Gasteiger partial charge is 0.465 e. The lowest BCUT2D eigenvalue weighted by Crippen LogP contribution is -2.57. The number of carbonyl (C=O) groups is 2. The van der Waals surface area contributed by atoms with Gasteiger partial charge in [0.15, 0.2) is 0 Å². The van der Waals surface area contributed by atoms with Crippen LogP contribution >= 0.6 is 23.2 Å². The molecule has 5 nitrogen and oxygen atoms in total. The molecule has 0 saturated carbocycles. The molecule has 1 aromatic carbocycles. The Morgan fingerprint density at radius 3 is 2.68 bits per heavy atom. The number of anilines is 1. The first kappa shape index (κ1) is 17.1. The van der Waals surface area contributed by atoms with Crippen LogP contribution in [0.25, 0.3) is 0 Å². The van der Waals surface area contributed by atoms with E-state index in [2.05, 4.69) is 0 Å². The molecule has 2 rings (SSSR count). The SMILES string of the molecule is CCOC(=O)CN1CCN(c2ccc(Cl)c(Cl)c2)C(=O)[C@H]1C. The predicted octanol–water partition coefficient (Wildman–Crippen LogP) is 2.59. The second-order valence-electron chi connectivity index (χ2n) is 5.04. The van der Waals surface area contributed by atoms with E-state index in [4.69, 9.17) is 27.9 Å². The number of hydrogen-bond donors (Lipinski definition) is 0. The van der Waals surface area contributed by atoms with Crippen LogP contribution in [0.3, 0.4) is 0 Å². The number of esters is 1. The van der Waals surface area contributed by atoms with Crippen LogP contribution in [0.5, 0.6) is 0 Å². The Labute approximate surface area is 139 Å². The van der Waals surface area contributed by atoms with E-state index in [1.165, 1.54) is 0 Å². The van der Waals surface area contributed by atoms with Crippen LogP contribution in [0.15, 0.2) is 18.2 Å². The number of amides is 1. The summed E-state index contributed by atoms with van der Waals surface area (Å²) in [5, 5.41) is 0.862. The number of rotatable bonds is 4. The highest BCUT2D eigenvalue weighted by atomic mass is 35.5. The fraction of sp³-hybridized carbons (Fsp3) is 0.467. The van der Waals surface area contributed by atoms with Crippen molar-refractivity contribution in [3.05, 3.63) is 28.2 Å². The molecule has 0 radical (unpaired) electrons. The van der Waals surface area contributed by atoms with Gasteiger partial charge in [0.1, 0.15) is 0 Å². The molecule has 1 heterocycles.